The van der Waals surface area contributed by atoms with Gasteiger partial charge in [-0.15, -0.1) is 0 Å². The molecule has 0 saturated heterocycles. The van der Waals surface area contributed by atoms with Crippen molar-refractivity contribution in [2.75, 3.05) is 14.2 Å². The number of ether oxygens (including phenoxy) is 2. The predicted molar refractivity (Wildman–Crippen MR) is 57.1 cm³/mol. The van der Waals surface area contributed by atoms with E-state index in [2.05, 4.69) is 0 Å². The summed E-state index contributed by atoms with van der Waals surface area (Å²) in [5.41, 5.74) is 0.0882. The third-order valence-corrected chi connectivity index (χ3v) is 2.15. The van der Waals surface area contributed by atoms with Gasteiger partial charge in [0.15, 0.2) is 6.29 Å². The van der Waals surface area contributed by atoms with Crippen LogP contribution in [0.5, 0.6) is 0 Å². The van der Waals surface area contributed by atoms with E-state index in [1.807, 2.05) is 0 Å². The molecule has 0 unspecified atom stereocenters. The molecule has 2 N–H and O–H groups in total. The van der Waals surface area contributed by atoms with Gasteiger partial charge in [0.05, 0.1) is 11.1 Å². The first-order valence-corrected chi connectivity index (χ1v) is 4.66. The van der Waals surface area contributed by atoms with Crippen molar-refractivity contribution in [3.63, 3.8) is 0 Å². The molecule has 17 heavy (non-hydrogen) atoms. The van der Waals surface area contributed by atoms with Crippen LogP contribution in [0, 0.1) is 0 Å². The number of hydrogen-bond acceptors (Lipinski definition) is 4. The number of methoxy groups -OCH3 is 2. The molecular formula is C11H12O6. The van der Waals surface area contributed by atoms with Gasteiger partial charge in [0, 0.05) is 19.8 Å². The zero-order chi connectivity index (χ0) is 13.0. The summed E-state index contributed by atoms with van der Waals surface area (Å²) < 4.78 is 9.89. The highest BCUT2D eigenvalue weighted by molar-refractivity contribution is 5.94. The van der Waals surface area contributed by atoms with Crippen LogP contribution in [0.1, 0.15) is 32.6 Å². The quantitative estimate of drug-likeness (QED) is 0.755. The second kappa shape index (κ2) is 5.42. The second-order valence-corrected chi connectivity index (χ2v) is 3.26. The molecule has 1 aromatic rings. The summed E-state index contributed by atoms with van der Waals surface area (Å²) in [6.07, 6.45) is -0.799. The van der Waals surface area contributed by atoms with Crippen molar-refractivity contribution < 1.29 is 29.3 Å². The molecule has 0 aliphatic carbocycles. The second-order valence-electron chi connectivity index (χ2n) is 3.26. The Balaban J connectivity index is 3.30. The Hall–Kier alpha value is -1.92. The summed E-state index contributed by atoms with van der Waals surface area (Å²) in [7, 11) is 2.75. The smallest absolute Gasteiger partial charge is 0.335 e. The van der Waals surface area contributed by atoms with Crippen molar-refractivity contribution in [1.82, 2.24) is 0 Å². The fraction of sp³-hybridized carbons (Fsp3) is 0.273. The molecular weight excluding hydrogens is 228 g/mol. The predicted octanol–water partition coefficient (Wildman–Crippen LogP) is 1.37. The molecule has 0 spiro atoms. The van der Waals surface area contributed by atoms with E-state index in [4.69, 9.17) is 19.7 Å². The standard InChI is InChI=1S/C11H12O6/c1-16-11(17-2)8-4-6(9(12)13)3-7(5-8)10(14)15/h3-5,11H,1-2H3,(H,12,13)(H,14,15). The molecule has 0 atom stereocenters. The summed E-state index contributed by atoms with van der Waals surface area (Å²) in [4.78, 5) is 21.7. The van der Waals surface area contributed by atoms with E-state index in [9.17, 15) is 9.59 Å². The van der Waals surface area contributed by atoms with Crippen LogP contribution in [0.25, 0.3) is 0 Å². The third-order valence-electron chi connectivity index (χ3n) is 2.15. The maximum absolute atomic E-state index is 10.9. The summed E-state index contributed by atoms with van der Waals surface area (Å²) in [6, 6.07) is 3.70. The zero-order valence-electron chi connectivity index (χ0n) is 9.34. The van der Waals surface area contributed by atoms with Gasteiger partial charge in [-0.3, -0.25) is 0 Å². The van der Waals surface area contributed by atoms with Gasteiger partial charge in [-0.25, -0.2) is 9.59 Å². The highest BCUT2D eigenvalue weighted by Gasteiger charge is 2.16. The van der Waals surface area contributed by atoms with Gasteiger partial charge in [-0.1, -0.05) is 0 Å². The Morgan fingerprint density at radius 2 is 1.41 bits per heavy atom. The van der Waals surface area contributed by atoms with Gasteiger partial charge in [-0.2, -0.15) is 0 Å². The number of carboxylic acids is 2. The molecule has 0 fully saturated rings. The Morgan fingerprint density at radius 3 is 1.71 bits per heavy atom. The molecule has 0 bridgehead atoms. The van der Waals surface area contributed by atoms with Crippen molar-refractivity contribution in [3.05, 3.63) is 34.9 Å². The lowest BCUT2D eigenvalue weighted by Gasteiger charge is -2.14. The summed E-state index contributed by atoms with van der Waals surface area (Å²) in [5.74, 6) is -2.42. The van der Waals surface area contributed by atoms with Crippen LogP contribution in [0.3, 0.4) is 0 Å². The van der Waals surface area contributed by atoms with Crippen LogP contribution >= 0.6 is 0 Å². The zero-order valence-corrected chi connectivity index (χ0v) is 9.34. The Bertz CT molecular complexity index is 403. The lowest BCUT2D eigenvalue weighted by molar-refractivity contribution is -0.106. The van der Waals surface area contributed by atoms with Crippen LogP contribution < -0.4 is 0 Å². The highest BCUT2D eigenvalue weighted by atomic mass is 16.7. The first kappa shape index (κ1) is 13.1. The number of hydrogen-bond donors (Lipinski definition) is 2. The molecule has 0 aliphatic heterocycles. The van der Waals surface area contributed by atoms with E-state index in [-0.39, 0.29) is 11.1 Å². The fourth-order valence-corrected chi connectivity index (χ4v) is 1.40. The molecule has 0 aromatic heterocycles. The Labute approximate surface area is 97.4 Å². The minimum Gasteiger partial charge on any atom is -0.478 e. The van der Waals surface area contributed by atoms with E-state index >= 15 is 0 Å². The molecule has 0 saturated carbocycles. The molecule has 0 aliphatic rings. The maximum Gasteiger partial charge on any atom is 0.335 e. The van der Waals surface area contributed by atoms with E-state index in [0.29, 0.717) is 5.56 Å². The third kappa shape index (κ3) is 3.02. The van der Waals surface area contributed by atoms with E-state index < -0.39 is 18.2 Å². The first-order valence-electron chi connectivity index (χ1n) is 4.66. The normalized spacial score (nSPS) is 10.5. The van der Waals surface area contributed by atoms with Gasteiger partial charge in [0.25, 0.3) is 0 Å². The molecule has 92 valence electrons. The molecule has 1 rings (SSSR count). The van der Waals surface area contributed by atoms with Crippen molar-refractivity contribution >= 4 is 11.9 Å². The molecule has 0 amide bonds. The van der Waals surface area contributed by atoms with Crippen LogP contribution in [0.2, 0.25) is 0 Å². The minimum atomic E-state index is -1.21. The van der Waals surface area contributed by atoms with Gasteiger partial charge in [0.2, 0.25) is 0 Å². The largest absolute Gasteiger partial charge is 0.478 e. The molecule has 1 aromatic carbocycles. The van der Waals surface area contributed by atoms with Gasteiger partial charge in [0.1, 0.15) is 0 Å². The Kier molecular flexibility index (Phi) is 4.19. The summed E-state index contributed by atoms with van der Waals surface area (Å²) in [5, 5.41) is 17.7. The highest BCUT2D eigenvalue weighted by Crippen LogP contribution is 2.21. The van der Waals surface area contributed by atoms with Crippen molar-refractivity contribution in [1.29, 1.82) is 0 Å². The van der Waals surface area contributed by atoms with E-state index in [1.54, 1.807) is 0 Å². The average Bonchev–Trinajstić information content (AvgIpc) is 2.30. The minimum absolute atomic E-state index is 0.126. The summed E-state index contributed by atoms with van der Waals surface area (Å²) >= 11 is 0. The van der Waals surface area contributed by atoms with Crippen molar-refractivity contribution in [2.45, 2.75) is 6.29 Å². The monoisotopic (exact) mass is 240 g/mol. The van der Waals surface area contributed by atoms with Gasteiger partial charge >= 0.3 is 11.9 Å². The maximum atomic E-state index is 10.9. The molecule has 6 heteroatoms. The van der Waals surface area contributed by atoms with Crippen molar-refractivity contribution in [2.24, 2.45) is 0 Å². The fourth-order valence-electron chi connectivity index (χ4n) is 1.40. The number of aromatic carboxylic acids is 2. The number of carboxylic acid groups (broad SMARTS) is 2. The van der Waals surface area contributed by atoms with Gasteiger partial charge < -0.3 is 19.7 Å². The lowest BCUT2D eigenvalue weighted by atomic mass is 10.1. The number of rotatable bonds is 5. The van der Waals surface area contributed by atoms with E-state index in [0.717, 1.165) is 6.07 Å². The number of carbonyl (C=O) groups is 2. The summed E-state index contributed by atoms with van der Waals surface area (Å²) in [6.45, 7) is 0. The Morgan fingerprint density at radius 1 is 1.00 bits per heavy atom. The molecule has 6 nitrogen and oxygen atoms in total. The lowest BCUT2D eigenvalue weighted by Crippen LogP contribution is -2.09. The number of benzene rings is 1. The van der Waals surface area contributed by atoms with Crippen LogP contribution in [0.4, 0.5) is 0 Å². The average molecular weight is 240 g/mol. The first-order chi connectivity index (χ1) is 7.99. The van der Waals surface area contributed by atoms with Crippen LogP contribution in [-0.2, 0) is 9.47 Å². The van der Waals surface area contributed by atoms with Gasteiger partial charge in [-0.05, 0) is 18.2 Å². The molecule has 0 radical (unpaired) electrons. The molecule has 0 heterocycles. The van der Waals surface area contributed by atoms with Crippen LogP contribution in [0.15, 0.2) is 18.2 Å². The SMILES string of the molecule is COC(OC)c1cc(C(=O)O)cc(C(=O)O)c1. The van der Waals surface area contributed by atoms with E-state index in [1.165, 1.54) is 26.4 Å². The topological polar surface area (TPSA) is 93.1 Å². The van der Waals surface area contributed by atoms with Crippen molar-refractivity contribution in [3.8, 4) is 0 Å². The van der Waals surface area contributed by atoms with Crippen LogP contribution in [-0.4, -0.2) is 36.4 Å².